The van der Waals surface area contributed by atoms with Crippen molar-refractivity contribution >= 4 is 40.0 Å². The van der Waals surface area contributed by atoms with Gasteiger partial charge in [0.25, 0.3) is 5.91 Å². The molecule has 0 bridgehead atoms. The molecule has 0 unspecified atom stereocenters. The van der Waals surface area contributed by atoms with E-state index in [4.69, 9.17) is 0 Å². The quantitative estimate of drug-likeness (QED) is 0.375. The van der Waals surface area contributed by atoms with Crippen molar-refractivity contribution in [2.24, 2.45) is 0 Å². The van der Waals surface area contributed by atoms with Gasteiger partial charge in [-0.25, -0.2) is 4.98 Å². The molecular formula is C21H24N6O2S2. The second-order valence-corrected chi connectivity index (χ2v) is 8.73. The zero-order valence-corrected chi connectivity index (χ0v) is 19.2. The molecule has 0 radical (unpaired) electrons. The molecule has 2 aromatic heterocycles. The average molecular weight is 457 g/mol. The third-order valence-corrected chi connectivity index (χ3v) is 6.15. The number of thiazole rings is 1. The number of hydrogen-bond acceptors (Lipinski definition) is 7. The molecule has 2 N–H and O–H groups in total. The second kappa shape index (κ2) is 10.4. The zero-order valence-electron chi connectivity index (χ0n) is 17.6. The first kappa shape index (κ1) is 22.7. The Morgan fingerprint density at radius 3 is 2.65 bits per heavy atom. The van der Waals surface area contributed by atoms with Crippen LogP contribution in [0, 0.1) is 13.8 Å². The first-order chi connectivity index (χ1) is 14.9. The van der Waals surface area contributed by atoms with E-state index in [-0.39, 0.29) is 23.6 Å². The van der Waals surface area contributed by atoms with E-state index in [2.05, 4.69) is 32.4 Å². The van der Waals surface area contributed by atoms with Gasteiger partial charge in [0.15, 0.2) is 16.1 Å². The Kier molecular flexibility index (Phi) is 7.59. The number of carbonyl (C=O) groups excluding carboxylic acids is 2. The van der Waals surface area contributed by atoms with Crippen molar-refractivity contribution in [3.63, 3.8) is 0 Å². The predicted octanol–water partition coefficient (Wildman–Crippen LogP) is 3.76. The second-order valence-electron chi connectivity index (χ2n) is 6.93. The van der Waals surface area contributed by atoms with Gasteiger partial charge in [-0.05, 0) is 32.9 Å². The lowest BCUT2D eigenvalue weighted by molar-refractivity contribution is -0.113. The minimum absolute atomic E-state index is 0.165. The summed E-state index contributed by atoms with van der Waals surface area (Å²) < 4.78 is 1.85. The van der Waals surface area contributed by atoms with E-state index in [9.17, 15) is 9.59 Å². The van der Waals surface area contributed by atoms with Gasteiger partial charge in [0.1, 0.15) is 0 Å². The molecule has 1 atom stereocenters. The van der Waals surface area contributed by atoms with Crippen molar-refractivity contribution in [1.29, 1.82) is 0 Å². The highest BCUT2D eigenvalue weighted by molar-refractivity contribution is 7.99. The van der Waals surface area contributed by atoms with Crippen molar-refractivity contribution in [1.82, 2.24) is 25.1 Å². The smallest absolute Gasteiger partial charge is 0.251 e. The molecule has 3 aromatic rings. The highest BCUT2D eigenvalue weighted by Crippen LogP contribution is 2.22. The summed E-state index contributed by atoms with van der Waals surface area (Å²) in [7, 11) is 0. The highest BCUT2D eigenvalue weighted by atomic mass is 32.2. The maximum Gasteiger partial charge on any atom is 0.251 e. The fourth-order valence-electron chi connectivity index (χ4n) is 2.77. The van der Waals surface area contributed by atoms with Crippen LogP contribution in [0.1, 0.15) is 40.4 Å². The summed E-state index contributed by atoms with van der Waals surface area (Å²) in [4.78, 5) is 29.0. The molecule has 31 heavy (non-hydrogen) atoms. The van der Waals surface area contributed by atoms with Gasteiger partial charge < -0.3 is 15.2 Å². The molecular weight excluding hydrogens is 432 g/mol. The third kappa shape index (κ3) is 6.02. The fourth-order valence-corrected chi connectivity index (χ4v) is 4.23. The molecule has 0 aliphatic heterocycles. The minimum Gasteiger partial charge on any atom is -0.342 e. The monoisotopic (exact) mass is 456 g/mol. The number of aromatic nitrogens is 4. The van der Waals surface area contributed by atoms with Gasteiger partial charge in [-0.3, -0.25) is 9.59 Å². The van der Waals surface area contributed by atoms with Crippen molar-refractivity contribution in [3.05, 3.63) is 64.9 Å². The summed E-state index contributed by atoms with van der Waals surface area (Å²) >= 11 is 2.65. The molecule has 0 fully saturated rings. The number of aryl methyl sites for hydroxylation is 2. The fraction of sp³-hybridized carbons (Fsp3) is 0.286. The van der Waals surface area contributed by atoms with Crippen LogP contribution in [0.3, 0.4) is 0 Å². The normalized spacial score (nSPS) is 11.7. The first-order valence-corrected chi connectivity index (χ1v) is 11.5. The summed E-state index contributed by atoms with van der Waals surface area (Å²) in [5.41, 5.74) is 2.53. The van der Waals surface area contributed by atoms with Crippen molar-refractivity contribution in [2.75, 3.05) is 11.1 Å². The molecule has 0 aliphatic rings. The van der Waals surface area contributed by atoms with E-state index in [1.165, 1.54) is 23.1 Å². The van der Waals surface area contributed by atoms with E-state index in [1.54, 1.807) is 18.2 Å². The van der Waals surface area contributed by atoms with Crippen LogP contribution in [0.4, 0.5) is 5.13 Å². The number of nitrogens with zero attached hydrogens (tertiary/aromatic N) is 4. The summed E-state index contributed by atoms with van der Waals surface area (Å²) in [6.45, 7) is 9.94. The number of thioether (sulfide) groups is 1. The number of carbonyl (C=O) groups is 2. The Bertz CT molecular complexity index is 1070. The van der Waals surface area contributed by atoms with E-state index in [0.29, 0.717) is 28.2 Å². The van der Waals surface area contributed by atoms with Crippen LogP contribution in [0.25, 0.3) is 0 Å². The van der Waals surface area contributed by atoms with Gasteiger partial charge in [0, 0.05) is 17.5 Å². The van der Waals surface area contributed by atoms with Crippen LogP contribution >= 0.6 is 23.1 Å². The number of allylic oxidation sites excluding steroid dienone is 1. The molecule has 162 valence electrons. The van der Waals surface area contributed by atoms with Gasteiger partial charge in [0.05, 0.1) is 17.5 Å². The standard InChI is InChI=1S/C21H24N6O2S2/c1-5-10-27-18(15(4)23-19(29)16-8-6-13(2)7-9-16)25-26-21(27)31-12-17(28)24-20-22-14(3)11-30-20/h5-9,11,15H,1,10,12H2,2-4H3,(H,23,29)(H,22,24,28)/t15-/m1/s1. The van der Waals surface area contributed by atoms with E-state index in [1.807, 2.05) is 42.9 Å². The van der Waals surface area contributed by atoms with Gasteiger partial charge in [0.2, 0.25) is 5.91 Å². The first-order valence-electron chi connectivity index (χ1n) is 9.63. The maximum atomic E-state index is 12.6. The molecule has 0 spiro atoms. The number of benzene rings is 1. The summed E-state index contributed by atoms with van der Waals surface area (Å²) in [6, 6.07) is 6.99. The van der Waals surface area contributed by atoms with Crippen molar-refractivity contribution in [2.45, 2.75) is 38.5 Å². The van der Waals surface area contributed by atoms with Crippen LogP contribution in [0.2, 0.25) is 0 Å². The largest absolute Gasteiger partial charge is 0.342 e. The Morgan fingerprint density at radius 1 is 1.26 bits per heavy atom. The van der Waals surface area contributed by atoms with Gasteiger partial charge in [-0.15, -0.1) is 28.1 Å². The molecule has 8 nitrogen and oxygen atoms in total. The number of hydrogen-bond donors (Lipinski definition) is 2. The number of amides is 2. The van der Waals surface area contributed by atoms with Crippen LogP contribution in [-0.2, 0) is 11.3 Å². The Morgan fingerprint density at radius 2 is 2.00 bits per heavy atom. The lowest BCUT2D eigenvalue weighted by Gasteiger charge is -2.15. The Labute approximate surface area is 189 Å². The zero-order chi connectivity index (χ0) is 22.4. The SMILES string of the molecule is C=CCn1c(SCC(=O)Nc2nc(C)cs2)nnc1[C@@H](C)NC(=O)c1ccc(C)cc1. The lowest BCUT2D eigenvalue weighted by Crippen LogP contribution is -2.28. The summed E-state index contributed by atoms with van der Waals surface area (Å²) in [5.74, 6) is 0.402. The number of anilines is 1. The van der Waals surface area contributed by atoms with Gasteiger partial charge in [-0.2, -0.15) is 0 Å². The lowest BCUT2D eigenvalue weighted by atomic mass is 10.1. The Hall–Kier alpha value is -2.98. The Balaban J connectivity index is 1.65. The van der Waals surface area contributed by atoms with E-state index in [0.717, 1.165) is 11.3 Å². The van der Waals surface area contributed by atoms with Gasteiger partial charge in [-0.1, -0.05) is 35.5 Å². The van der Waals surface area contributed by atoms with Gasteiger partial charge >= 0.3 is 0 Å². The van der Waals surface area contributed by atoms with E-state index < -0.39 is 0 Å². The molecule has 2 amide bonds. The van der Waals surface area contributed by atoms with Crippen LogP contribution in [0.15, 0.2) is 47.5 Å². The number of rotatable bonds is 9. The molecule has 2 heterocycles. The van der Waals surface area contributed by atoms with Crippen molar-refractivity contribution < 1.29 is 9.59 Å². The number of nitrogens with one attached hydrogen (secondary N) is 2. The predicted molar refractivity (Wildman–Crippen MR) is 123 cm³/mol. The molecule has 0 saturated carbocycles. The van der Waals surface area contributed by atoms with Crippen molar-refractivity contribution in [3.8, 4) is 0 Å². The van der Waals surface area contributed by atoms with Crippen LogP contribution in [-0.4, -0.2) is 37.3 Å². The highest BCUT2D eigenvalue weighted by Gasteiger charge is 2.20. The third-order valence-electron chi connectivity index (χ3n) is 4.30. The molecule has 3 rings (SSSR count). The van der Waals surface area contributed by atoms with E-state index >= 15 is 0 Å². The minimum atomic E-state index is -0.372. The molecule has 1 aromatic carbocycles. The van der Waals surface area contributed by atoms with Crippen LogP contribution < -0.4 is 10.6 Å². The van der Waals surface area contributed by atoms with Crippen LogP contribution in [0.5, 0.6) is 0 Å². The molecule has 10 heteroatoms. The molecule has 0 saturated heterocycles. The topological polar surface area (TPSA) is 102 Å². The summed E-state index contributed by atoms with van der Waals surface area (Å²) in [5, 5.41) is 17.2. The maximum absolute atomic E-state index is 12.6. The molecule has 0 aliphatic carbocycles. The average Bonchev–Trinajstić information content (AvgIpc) is 3.33. The summed E-state index contributed by atoms with van der Waals surface area (Å²) in [6.07, 6.45) is 1.73.